The molecule has 0 atom stereocenters. The summed E-state index contributed by atoms with van der Waals surface area (Å²) in [5, 5.41) is 7.88. The normalized spacial score (nSPS) is 11.9. The molecule has 1 aromatic rings. The predicted molar refractivity (Wildman–Crippen MR) is 68.5 cm³/mol. The molecule has 0 spiro atoms. The Balaban J connectivity index is 2.77. The lowest BCUT2D eigenvalue weighted by atomic mass is 10.2. The number of ether oxygens (including phenoxy) is 1. The van der Waals surface area contributed by atoms with E-state index in [4.69, 9.17) is 4.74 Å². The van der Waals surface area contributed by atoms with Gasteiger partial charge in [0.25, 0.3) is 0 Å². The maximum Gasteiger partial charge on any atom is 0.361 e. The van der Waals surface area contributed by atoms with E-state index in [2.05, 4.69) is 10.3 Å². The van der Waals surface area contributed by atoms with Crippen molar-refractivity contribution in [3.05, 3.63) is 11.4 Å². The first kappa shape index (κ1) is 14.6. The third kappa shape index (κ3) is 4.10. The second-order valence-electron chi connectivity index (χ2n) is 5.55. The van der Waals surface area contributed by atoms with Gasteiger partial charge in [-0.05, 0) is 41.8 Å². The van der Waals surface area contributed by atoms with Crippen LogP contribution in [0.25, 0.3) is 0 Å². The molecular weight excluding hydrogens is 232 g/mol. The average Bonchev–Trinajstić information content (AvgIpc) is 2.54. The van der Waals surface area contributed by atoms with Gasteiger partial charge in [0.05, 0.1) is 12.2 Å². The minimum absolute atomic E-state index is 0.295. The van der Waals surface area contributed by atoms with Gasteiger partial charge in [0.1, 0.15) is 5.60 Å². The Morgan fingerprint density at radius 3 is 2.50 bits per heavy atom. The van der Waals surface area contributed by atoms with Crippen molar-refractivity contribution in [2.24, 2.45) is 0 Å². The molecule has 6 heteroatoms. The highest BCUT2D eigenvalue weighted by molar-refractivity contribution is 5.88. The van der Waals surface area contributed by atoms with Crippen LogP contribution in [0.5, 0.6) is 0 Å². The summed E-state index contributed by atoms with van der Waals surface area (Å²) in [6, 6.07) is 0. The molecule has 1 heterocycles. The van der Waals surface area contributed by atoms with Crippen LogP contribution in [0, 0.1) is 6.92 Å². The Bertz CT molecular complexity index is 418. The van der Waals surface area contributed by atoms with Gasteiger partial charge in [-0.1, -0.05) is 5.21 Å². The van der Waals surface area contributed by atoms with E-state index < -0.39 is 11.6 Å². The standard InChI is InChI=1S/C12H22N4O2/c1-9-10(11(17)18-12(2,3)4)13-14-16(9)8-7-15(5)6/h7-8H2,1-6H3. The zero-order chi connectivity index (χ0) is 13.9. The molecule has 0 aliphatic heterocycles. The molecule has 0 aliphatic carbocycles. The smallest absolute Gasteiger partial charge is 0.361 e. The number of esters is 1. The van der Waals surface area contributed by atoms with Gasteiger partial charge in [-0.2, -0.15) is 0 Å². The van der Waals surface area contributed by atoms with Crippen LogP contribution in [0.4, 0.5) is 0 Å². The highest BCUT2D eigenvalue weighted by Crippen LogP contribution is 2.13. The molecule has 18 heavy (non-hydrogen) atoms. The first-order valence-electron chi connectivity index (χ1n) is 5.99. The van der Waals surface area contributed by atoms with Crippen molar-refractivity contribution in [3.8, 4) is 0 Å². The molecule has 0 aromatic carbocycles. The number of likely N-dealkylation sites (N-methyl/N-ethyl adjacent to an activating group) is 1. The van der Waals surface area contributed by atoms with Crippen LogP contribution in [-0.4, -0.2) is 52.1 Å². The Labute approximate surface area is 108 Å². The quantitative estimate of drug-likeness (QED) is 0.753. The lowest BCUT2D eigenvalue weighted by Crippen LogP contribution is -2.24. The molecule has 0 radical (unpaired) electrons. The van der Waals surface area contributed by atoms with Gasteiger partial charge in [-0.25, -0.2) is 9.48 Å². The molecule has 0 saturated heterocycles. The van der Waals surface area contributed by atoms with Gasteiger partial charge in [0, 0.05) is 6.54 Å². The number of hydrogen-bond donors (Lipinski definition) is 0. The largest absolute Gasteiger partial charge is 0.455 e. The first-order valence-corrected chi connectivity index (χ1v) is 5.99. The van der Waals surface area contributed by atoms with E-state index in [1.165, 1.54) is 0 Å². The van der Waals surface area contributed by atoms with E-state index in [1.54, 1.807) is 4.68 Å². The van der Waals surface area contributed by atoms with Gasteiger partial charge in [0.15, 0.2) is 5.69 Å². The van der Waals surface area contributed by atoms with Crippen LogP contribution in [0.3, 0.4) is 0 Å². The molecule has 0 unspecified atom stereocenters. The monoisotopic (exact) mass is 254 g/mol. The highest BCUT2D eigenvalue weighted by Gasteiger charge is 2.23. The van der Waals surface area contributed by atoms with Crippen molar-refractivity contribution in [1.29, 1.82) is 0 Å². The lowest BCUT2D eigenvalue weighted by Gasteiger charge is -2.18. The molecule has 0 aliphatic rings. The van der Waals surface area contributed by atoms with Gasteiger partial charge in [-0.3, -0.25) is 0 Å². The van der Waals surface area contributed by atoms with Crippen LogP contribution >= 0.6 is 0 Å². The maximum absolute atomic E-state index is 11.9. The summed E-state index contributed by atoms with van der Waals surface area (Å²) < 4.78 is 7.00. The molecule has 1 aromatic heterocycles. The van der Waals surface area contributed by atoms with Crippen LogP contribution in [-0.2, 0) is 11.3 Å². The Morgan fingerprint density at radius 1 is 1.39 bits per heavy atom. The van der Waals surface area contributed by atoms with Gasteiger partial charge in [-0.15, -0.1) is 5.10 Å². The van der Waals surface area contributed by atoms with E-state index in [0.717, 1.165) is 12.2 Å². The van der Waals surface area contributed by atoms with Crippen molar-refractivity contribution >= 4 is 5.97 Å². The highest BCUT2D eigenvalue weighted by atomic mass is 16.6. The van der Waals surface area contributed by atoms with Crippen molar-refractivity contribution in [3.63, 3.8) is 0 Å². The van der Waals surface area contributed by atoms with E-state index in [1.807, 2.05) is 46.7 Å². The topological polar surface area (TPSA) is 60.2 Å². The fourth-order valence-corrected chi connectivity index (χ4v) is 1.38. The minimum atomic E-state index is -0.517. The Kier molecular flexibility index (Phi) is 4.45. The number of rotatable bonds is 4. The van der Waals surface area contributed by atoms with E-state index in [0.29, 0.717) is 12.2 Å². The minimum Gasteiger partial charge on any atom is -0.455 e. The Morgan fingerprint density at radius 2 is 2.00 bits per heavy atom. The molecule has 102 valence electrons. The van der Waals surface area contributed by atoms with Crippen LogP contribution in [0.1, 0.15) is 37.0 Å². The second-order valence-corrected chi connectivity index (χ2v) is 5.55. The summed E-state index contributed by atoms with van der Waals surface area (Å²) in [6.07, 6.45) is 0. The number of hydrogen-bond acceptors (Lipinski definition) is 5. The van der Waals surface area contributed by atoms with Crippen molar-refractivity contribution in [2.45, 2.75) is 39.8 Å². The molecule has 0 amide bonds. The van der Waals surface area contributed by atoms with Gasteiger partial charge in [0.2, 0.25) is 0 Å². The second kappa shape index (κ2) is 5.48. The number of nitrogens with zero attached hydrogens (tertiary/aromatic N) is 4. The molecule has 0 saturated carbocycles. The predicted octanol–water partition coefficient (Wildman–Crippen LogP) is 1.10. The number of carbonyl (C=O) groups excluding carboxylic acids is 1. The lowest BCUT2D eigenvalue weighted by molar-refractivity contribution is 0.00619. The summed E-state index contributed by atoms with van der Waals surface area (Å²) in [6.45, 7) is 8.87. The van der Waals surface area contributed by atoms with Crippen molar-refractivity contribution in [2.75, 3.05) is 20.6 Å². The average molecular weight is 254 g/mol. The van der Waals surface area contributed by atoms with Gasteiger partial charge >= 0.3 is 5.97 Å². The summed E-state index contributed by atoms with van der Waals surface area (Å²) >= 11 is 0. The SMILES string of the molecule is Cc1c(C(=O)OC(C)(C)C)nnn1CCN(C)C. The molecule has 6 nitrogen and oxygen atoms in total. The van der Waals surface area contributed by atoms with E-state index >= 15 is 0 Å². The molecule has 0 bridgehead atoms. The van der Waals surface area contributed by atoms with Crippen LogP contribution < -0.4 is 0 Å². The number of aromatic nitrogens is 3. The van der Waals surface area contributed by atoms with Crippen LogP contribution in [0.15, 0.2) is 0 Å². The first-order chi connectivity index (χ1) is 8.20. The Hall–Kier alpha value is -1.43. The third-order valence-corrected chi connectivity index (χ3v) is 2.33. The summed E-state index contributed by atoms with van der Waals surface area (Å²) in [5.74, 6) is -0.420. The molecule has 0 N–H and O–H groups in total. The van der Waals surface area contributed by atoms with E-state index in [-0.39, 0.29) is 0 Å². The zero-order valence-corrected chi connectivity index (χ0v) is 12.0. The van der Waals surface area contributed by atoms with E-state index in [9.17, 15) is 4.79 Å². The van der Waals surface area contributed by atoms with Crippen molar-refractivity contribution in [1.82, 2.24) is 19.9 Å². The maximum atomic E-state index is 11.9. The number of carbonyl (C=O) groups is 1. The zero-order valence-electron chi connectivity index (χ0n) is 12.0. The molecule has 0 fully saturated rings. The third-order valence-electron chi connectivity index (χ3n) is 2.33. The fraction of sp³-hybridized carbons (Fsp3) is 0.750. The van der Waals surface area contributed by atoms with Crippen LogP contribution in [0.2, 0.25) is 0 Å². The summed E-state index contributed by atoms with van der Waals surface area (Å²) in [7, 11) is 3.97. The fourth-order valence-electron chi connectivity index (χ4n) is 1.38. The molecule has 1 rings (SSSR count). The van der Waals surface area contributed by atoms with Gasteiger partial charge < -0.3 is 9.64 Å². The summed E-state index contributed by atoms with van der Waals surface area (Å²) in [4.78, 5) is 13.9. The van der Waals surface area contributed by atoms with Crippen molar-refractivity contribution < 1.29 is 9.53 Å². The summed E-state index contributed by atoms with van der Waals surface area (Å²) in [5.41, 5.74) is 0.520. The molecular formula is C12H22N4O2.